The monoisotopic (exact) mass is 633 g/mol. The molecule has 0 heterocycles. The summed E-state index contributed by atoms with van der Waals surface area (Å²) >= 11 is 5.92. The van der Waals surface area contributed by atoms with E-state index in [2.05, 4.69) is 10.0 Å². The quantitative estimate of drug-likeness (QED) is 0.234. The smallest absolute Gasteiger partial charge is 0.264 e. The summed E-state index contributed by atoms with van der Waals surface area (Å²) in [5.74, 6) is -0.875. The van der Waals surface area contributed by atoms with Gasteiger partial charge in [0.05, 0.1) is 35.4 Å². The van der Waals surface area contributed by atoms with Crippen molar-refractivity contribution in [1.29, 1.82) is 0 Å². The van der Waals surface area contributed by atoms with Crippen LogP contribution in [0.2, 0.25) is 5.02 Å². The normalized spacial score (nSPS) is 11.4. The molecule has 0 saturated carbocycles. The molecule has 2 N–H and O–H groups in total. The largest absolute Gasteiger partial charge is 0.493 e. The third-order valence-electron chi connectivity index (χ3n) is 5.87. The van der Waals surface area contributed by atoms with Gasteiger partial charge >= 0.3 is 0 Å². The predicted octanol–water partition coefficient (Wildman–Crippen LogP) is 5.13. The van der Waals surface area contributed by atoms with E-state index in [9.17, 15) is 26.0 Å². The fourth-order valence-electron chi connectivity index (χ4n) is 3.84. The molecule has 0 aromatic heterocycles. The highest BCUT2D eigenvalue weighted by molar-refractivity contribution is 7.93. The van der Waals surface area contributed by atoms with E-state index in [1.165, 1.54) is 74.9 Å². The molecule has 0 fully saturated rings. The van der Waals surface area contributed by atoms with Crippen LogP contribution >= 0.6 is 11.6 Å². The molecule has 0 aliphatic rings. The Kier molecular flexibility index (Phi) is 9.24. The van der Waals surface area contributed by atoms with Gasteiger partial charge in [0.25, 0.3) is 20.0 Å². The number of sulfonamides is 2. The average Bonchev–Trinajstić information content (AvgIpc) is 2.96. The predicted molar refractivity (Wildman–Crippen MR) is 158 cm³/mol. The minimum absolute atomic E-state index is 0.0369. The molecule has 0 aliphatic carbocycles. The van der Waals surface area contributed by atoms with Gasteiger partial charge < -0.3 is 14.8 Å². The number of nitrogens with one attached hydrogen (secondary N) is 2. The molecule has 4 rings (SSSR count). The fourth-order valence-corrected chi connectivity index (χ4v) is 6.52. The molecule has 0 saturated heterocycles. The second-order valence-electron chi connectivity index (χ2n) is 8.69. The van der Waals surface area contributed by atoms with E-state index in [-0.39, 0.29) is 32.6 Å². The summed E-state index contributed by atoms with van der Waals surface area (Å²) in [5.41, 5.74) is 0.524. The van der Waals surface area contributed by atoms with Crippen LogP contribution in [0.5, 0.6) is 11.5 Å². The van der Waals surface area contributed by atoms with Gasteiger partial charge in [-0.2, -0.15) is 0 Å². The van der Waals surface area contributed by atoms with Crippen molar-refractivity contribution < 1.29 is 35.5 Å². The Balaban J connectivity index is 1.56. The second kappa shape index (κ2) is 12.7. The van der Waals surface area contributed by atoms with Crippen LogP contribution in [-0.4, -0.2) is 43.5 Å². The zero-order valence-corrected chi connectivity index (χ0v) is 24.6. The number of hydrogen-bond acceptors (Lipinski definition) is 7. The van der Waals surface area contributed by atoms with Crippen LogP contribution in [0.4, 0.5) is 21.5 Å². The first-order valence-electron chi connectivity index (χ1n) is 12.1. The van der Waals surface area contributed by atoms with Crippen LogP contribution in [0, 0.1) is 5.82 Å². The SMILES string of the molecule is COc1ccc(S(=O)(=O)N(CC(=O)Nc2ccc(S(=O)(=O)Nc3cccc(Cl)c3)cc2)c2ccc(F)cc2)cc1OC. The maximum absolute atomic E-state index is 13.7. The molecule has 0 atom stereocenters. The third kappa shape index (κ3) is 7.11. The standard InChI is InChI=1S/C28H25ClFN3O7S2/c1-39-26-15-14-25(17-27(26)40-2)42(37,38)33(23-10-6-20(30)7-11-23)18-28(34)31-21-8-12-24(13-9-21)41(35,36)32-22-5-3-4-19(29)16-22/h3-17,32H,18H2,1-2H3,(H,31,34). The lowest BCUT2D eigenvalue weighted by Gasteiger charge is -2.24. The van der Waals surface area contributed by atoms with Crippen LogP contribution in [0.15, 0.2) is 101 Å². The lowest BCUT2D eigenvalue weighted by Crippen LogP contribution is -2.38. The average molecular weight is 634 g/mol. The number of anilines is 3. The van der Waals surface area contributed by atoms with E-state index in [1.807, 2.05) is 0 Å². The van der Waals surface area contributed by atoms with Crippen LogP contribution in [0.25, 0.3) is 0 Å². The van der Waals surface area contributed by atoms with Crippen LogP contribution in [0.3, 0.4) is 0 Å². The van der Waals surface area contributed by atoms with E-state index in [1.54, 1.807) is 18.2 Å². The van der Waals surface area contributed by atoms with Crippen molar-refractivity contribution in [3.05, 3.63) is 102 Å². The van der Waals surface area contributed by atoms with Gasteiger partial charge in [0.2, 0.25) is 5.91 Å². The first-order chi connectivity index (χ1) is 19.9. The van der Waals surface area contributed by atoms with Gasteiger partial charge in [-0.25, -0.2) is 21.2 Å². The van der Waals surface area contributed by atoms with Gasteiger partial charge in [0.15, 0.2) is 11.5 Å². The molecule has 0 spiro atoms. The summed E-state index contributed by atoms with van der Waals surface area (Å²) in [6, 6.07) is 20.0. The third-order valence-corrected chi connectivity index (χ3v) is 9.27. The lowest BCUT2D eigenvalue weighted by molar-refractivity contribution is -0.114. The van der Waals surface area contributed by atoms with E-state index >= 15 is 0 Å². The summed E-state index contributed by atoms with van der Waals surface area (Å²) < 4.78 is 80.1. The van der Waals surface area contributed by atoms with E-state index in [4.69, 9.17) is 21.1 Å². The van der Waals surface area contributed by atoms with Crippen molar-refractivity contribution >= 4 is 54.6 Å². The van der Waals surface area contributed by atoms with Gasteiger partial charge in [0.1, 0.15) is 12.4 Å². The van der Waals surface area contributed by atoms with Gasteiger partial charge in [-0.1, -0.05) is 17.7 Å². The molecular weight excluding hydrogens is 609 g/mol. The molecule has 4 aromatic rings. The highest BCUT2D eigenvalue weighted by Crippen LogP contribution is 2.32. The molecule has 1 amide bonds. The summed E-state index contributed by atoms with van der Waals surface area (Å²) in [4.78, 5) is 12.8. The molecular formula is C28H25ClFN3O7S2. The maximum Gasteiger partial charge on any atom is 0.264 e. The Morgan fingerprint density at radius 2 is 1.45 bits per heavy atom. The first-order valence-corrected chi connectivity index (χ1v) is 15.4. The number of hydrogen-bond donors (Lipinski definition) is 2. The van der Waals surface area contributed by atoms with Crippen molar-refractivity contribution in [2.45, 2.75) is 9.79 Å². The Morgan fingerprint density at radius 1 is 0.810 bits per heavy atom. The van der Waals surface area contributed by atoms with Gasteiger partial charge in [0, 0.05) is 16.8 Å². The number of rotatable bonds is 11. The highest BCUT2D eigenvalue weighted by atomic mass is 35.5. The summed E-state index contributed by atoms with van der Waals surface area (Å²) in [6.45, 7) is -0.682. The van der Waals surface area contributed by atoms with Crippen molar-refractivity contribution in [1.82, 2.24) is 0 Å². The van der Waals surface area contributed by atoms with Gasteiger partial charge in [-0.05, 0) is 78.9 Å². The molecule has 10 nitrogen and oxygen atoms in total. The second-order valence-corrected chi connectivity index (χ2v) is 12.7. The molecule has 42 heavy (non-hydrogen) atoms. The molecule has 0 unspecified atom stereocenters. The number of carbonyl (C=O) groups excluding carboxylic acids is 1. The minimum atomic E-state index is -4.35. The van der Waals surface area contributed by atoms with Crippen LogP contribution in [-0.2, 0) is 24.8 Å². The lowest BCUT2D eigenvalue weighted by atomic mass is 10.3. The van der Waals surface area contributed by atoms with E-state index in [0.717, 1.165) is 16.4 Å². The molecule has 220 valence electrons. The van der Waals surface area contributed by atoms with Crippen LogP contribution in [0.1, 0.15) is 0 Å². The molecule has 0 bridgehead atoms. The zero-order valence-electron chi connectivity index (χ0n) is 22.2. The number of nitrogens with zero attached hydrogens (tertiary/aromatic N) is 1. The zero-order chi connectivity index (χ0) is 30.5. The van der Waals surface area contributed by atoms with Gasteiger partial charge in [-0.15, -0.1) is 0 Å². The van der Waals surface area contributed by atoms with Crippen molar-refractivity contribution in [2.24, 2.45) is 0 Å². The number of amides is 1. The molecule has 14 heteroatoms. The Bertz CT molecular complexity index is 1800. The highest BCUT2D eigenvalue weighted by Gasteiger charge is 2.28. The Hall–Kier alpha value is -4.33. The minimum Gasteiger partial charge on any atom is -0.493 e. The number of halogens is 2. The van der Waals surface area contributed by atoms with Gasteiger partial charge in [-0.3, -0.25) is 13.8 Å². The molecule has 0 radical (unpaired) electrons. The van der Waals surface area contributed by atoms with Crippen molar-refractivity contribution in [3.63, 3.8) is 0 Å². The Morgan fingerprint density at radius 3 is 2.07 bits per heavy atom. The summed E-state index contributed by atoms with van der Waals surface area (Å²) in [7, 11) is -5.55. The Labute approximate surface area is 247 Å². The summed E-state index contributed by atoms with van der Waals surface area (Å²) in [5, 5.41) is 2.91. The molecule has 0 aliphatic heterocycles. The van der Waals surface area contributed by atoms with E-state index in [0.29, 0.717) is 10.8 Å². The fraction of sp³-hybridized carbons (Fsp3) is 0.107. The van der Waals surface area contributed by atoms with Crippen molar-refractivity contribution in [3.8, 4) is 11.5 Å². The molecule has 4 aromatic carbocycles. The van der Waals surface area contributed by atoms with Crippen molar-refractivity contribution in [2.75, 3.05) is 35.1 Å². The van der Waals surface area contributed by atoms with E-state index < -0.39 is 38.3 Å². The number of ether oxygens (including phenoxy) is 2. The topological polar surface area (TPSA) is 131 Å². The maximum atomic E-state index is 13.7. The number of benzene rings is 4. The van der Waals surface area contributed by atoms with Crippen LogP contribution < -0.4 is 23.8 Å². The first kappa shape index (κ1) is 30.6. The number of methoxy groups -OCH3 is 2. The summed E-state index contributed by atoms with van der Waals surface area (Å²) in [6.07, 6.45) is 0. The number of carbonyl (C=O) groups is 1.